The summed E-state index contributed by atoms with van der Waals surface area (Å²) in [4.78, 5) is 10.6. The number of nitrogens with two attached hydrogens (primary N) is 1. The van der Waals surface area contributed by atoms with Crippen LogP contribution in [0.1, 0.15) is 18.4 Å². The van der Waals surface area contributed by atoms with Crippen molar-refractivity contribution in [3.63, 3.8) is 0 Å². The van der Waals surface area contributed by atoms with Gasteiger partial charge in [0.2, 0.25) is 0 Å². The summed E-state index contributed by atoms with van der Waals surface area (Å²) in [6, 6.07) is 2.36. The molecule has 1 aromatic rings. The van der Waals surface area contributed by atoms with E-state index in [1.54, 1.807) is 0 Å². The zero-order valence-corrected chi connectivity index (χ0v) is 8.08. The van der Waals surface area contributed by atoms with Crippen molar-refractivity contribution in [2.45, 2.75) is 18.9 Å². The normalized spacial score (nSPS) is 14.7. The maximum absolute atomic E-state index is 13.3. The highest BCUT2D eigenvalue weighted by atomic mass is 19.2. The molecule has 2 atom stereocenters. The lowest BCUT2D eigenvalue weighted by molar-refractivity contribution is -0.139. The van der Waals surface area contributed by atoms with Gasteiger partial charge in [-0.05, 0) is 11.6 Å². The molecule has 82 valence electrons. The van der Waals surface area contributed by atoms with Gasteiger partial charge < -0.3 is 10.8 Å². The molecule has 0 bridgehead atoms. The Morgan fingerprint density at radius 3 is 2.60 bits per heavy atom. The second kappa shape index (κ2) is 4.35. The van der Waals surface area contributed by atoms with Crippen LogP contribution in [0, 0.1) is 11.6 Å². The van der Waals surface area contributed by atoms with Crippen LogP contribution in [0.4, 0.5) is 8.78 Å². The van der Waals surface area contributed by atoms with Crippen LogP contribution >= 0.6 is 0 Å². The van der Waals surface area contributed by atoms with Crippen LogP contribution in [0.3, 0.4) is 0 Å². The summed E-state index contributed by atoms with van der Waals surface area (Å²) in [7, 11) is 0. The molecule has 1 aromatic carbocycles. The summed E-state index contributed by atoms with van der Waals surface area (Å²) in [6.45, 7) is 1.44. The number of aliphatic carboxylic acids is 1. The third-order valence-electron chi connectivity index (χ3n) is 2.30. The van der Waals surface area contributed by atoms with Crippen molar-refractivity contribution in [2.24, 2.45) is 5.73 Å². The maximum Gasteiger partial charge on any atom is 0.321 e. The standard InChI is InChI=1S/C10H11F2NO2/c1-5(9(13)10(14)15)6-3-2-4-7(11)8(6)12/h2-5,9H,13H2,1H3,(H,14,15). The minimum absolute atomic E-state index is 0.0232. The average molecular weight is 215 g/mol. The number of carbonyl (C=O) groups is 1. The van der Waals surface area contributed by atoms with Gasteiger partial charge in [0, 0.05) is 5.92 Å². The van der Waals surface area contributed by atoms with Crippen molar-refractivity contribution in [3.05, 3.63) is 35.4 Å². The molecule has 0 aliphatic carbocycles. The van der Waals surface area contributed by atoms with Crippen LogP contribution in [-0.4, -0.2) is 17.1 Å². The highest BCUT2D eigenvalue weighted by Gasteiger charge is 2.24. The molecule has 0 aliphatic heterocycles. The highest BCUT2D eigenvalue weighted by Crippen LogP contribution is 2.22. The molecule has 0 saturated carbocycles. The van der Waals surface area contributed by atoms with Crippen LogP contribution in [0.25, 0.3) is 0 Å². The molecule has 0 fully saturated rings. The van der Waals surface area contributed by atoms with Crippen LogP contribution in [0.5, 0.6) is 0 Å². The lowest BCUT2D eigenvalue weighted by Crippen LogP contribution is -2.35. The molecule has 0 spiro atoms. The number of benzene rings is 1. The van der Waals surface area contributed by atoms with E-state index in [0.29, 0.717) is 0 Å². The van der Waals surface area contributed by atoms with Crippen LogP contribution in [0.15, 0.2) is 18.2 Å². The molecule has 0 aromatic heterocycles. The first kappa shape index (κ1) is 11.6. The van der Waals surface area contributed by atoms with Crippen LogP contribution in [0.2, 0.25) is 0 Å². The van der Waals surface area contributed by atoms with E-state index in [-0.39, 0.29) is 5.56 Å². The zero-order chi connectivity index (χ0) is 11.6. The molecule has 2 unspecified atom stereocenters. The SMILES string of the molecule is CC(c1cccc(F)c1F)C(N)C(=O)O. The van der Waals surface area contributed by atoms with Gasteiger partial charge >= 0.3 is 5.97 Å². The van der Waals surface area contributed by atoms with E-state index >= 15 is 0 Å². The Morgan fingerprint density at radius 2 is 2.07 bits per heavy atom. The Hall–Kier alpha value is -1.49. The second-order valence-electron chi connectivity index (χ2n) is 3.30. The summed E-state index contributed by atoms with van der Waals surface area (Å²) in [5.74, 6) is -4.07. The van der Waals surface area contributed by atoms with E-state index in [4.69, 9.17) is 10.8 Å². The van der Waals surface area contributed by atoms with Crippen molar-refractivity contribution >= 4 is 5.97 Å². The fraction of sp³-hybridized carbons (Fsp3) is 0.300. The molecule has 3 N–H and O–H groups in total. The molecule has 0 amide bonds. The van der Waals surface area contributed by atoms with Gasteiger partial charge in [-0.1, -0.05) is 19.1 Å². The maximum atomic E-state index is 13.3. The summed E-state index contributed by atoms with van der Waals surface area (Å²) in [5.41, 5.74) is 5.30. The molecular weight excluding hydrogens is 204 g/mol. The van der Waals surface area contributed by atoms with Gasteiger partial charge in [-0.3, -0.25) is 4.79 Å². The third kappa shape index (κ3) is 2.30. The third-order valence-corrected chi connectivity index (χ3v) is 2.30. The number of halogens is 2. The van der Waals surface area contributed by atoms with E-state index in [1.807, 2.05) is 0 Å². The molecule has 0 saturated heterocycles. The minimum Gasteiger partial charge on any atom is -0.480 e. The molecule has 15 heavy (non-hydrogen) atoms. The van der Waals surface area contributed by atoms with Gasteiger partial charge in [-0.25, -0.2) is 8.78 Å². The highest BCUT2D eigenvalue weighted by molar-refractivity contribution is 5.74. The Balaban J connectivity index is 3.06. The smallest absolute Gasteiger partial charge is 0.321 e. The first-order valence-electron chi connectivity index (χ1n) is 4.37. The van der Waals surface area contributed by atoms with Gasteiger partial charge in [-0.2, -0.15) is 0 Å². The van der Waals surface area contributed by atoms with Crippen LogP contribution < -0.4 is 5.73 Å². The van der Waals surface area contributed by atoms with Crippen molar-refractivity contribution < 1.29 is 18.7 Å². The first-order chi connectivity index (χ1) is 6.95. The van der Waals surface area contributed by atoms with E-state index in [2.05, 4.69) is 0 Å². The predicted molar refractivity (Wildman–Crippen MR) is 50.4 cm³/mol. The van der Waals surface area contributed by atoms with E-state index < -0.39 is 29.6 Å². The largest absolute Gasteiger partial charge is 0.480 e. The molecular formula is C10H11F2NO2. The Kier molecular flexibility index (Phi) is 3.36. The molecule has 0 radical (unpaired) electrons. The first-order valence-corrected chi connectivity index (χ1v) is 4.37. The molecule has 0 heterocycles. The van der Waals surface area contributed by atoms with Crippen molar-refractivity contribution in [1.82, 2.24) is 0 Å². The Morgan fingerprint density at radius 1 is 1.47 bits per heavy atom. The number of hydrogen-bond donors (Lipinski definition) is 2. The number of carboxylic acids is 1. The molecule has 3 nitrogen and oxygen atoms in total. The summed E-state index contributed by atoms with van der Waals surface area (Å²) in [6.07, 6.45) is 0. The van der Waals surface area contributed by atoms with E-state index in [0.717, 1.165) is 6.07 Å². The van der Waals surface area contributed by atoms with Gasteiger partial charge in [0.15, 0.2) is 11.6 Å². The van der Waals surface area contributed by atoms with Crippen molar-refractivity contribution in [1.29, 1.82) is 0 Å². The Labute approximate surface area is 85.5 Å². The van der Waals surface area contributed by atoms with Gasteiger partial charge in [-0.15, -0.1) is 0 Å². The molecule has 1 rings (SSSR count). The van der Waals surface area contributed by atoms with Crippen LogP contribution in [-0.2, 0) is 4.79 Å². The predicted octanol–water partition coefficient (Wildman–Crippen LogP) is 1.48. The molecule has 0 aliphatic rings. The quantitative estimate of drug-likeness (QED) is 0.802. The molecule has 5 heteroatoms. The van der Waals surface area contributed by atoms with Gasteiger partial charge in [0.25, 0.3) is 0 Å². The zero-order valence-electron chi connectivity index (χ0n) is 8.08. The fourth-order valence-corrected chi connectivity index (χ4v) is 1.28. The second-order valence-corrected chi connectivity index (χ2v) is 3.30. The van der Waals surface area contributed by atoms with E-state index in [1.165, 1.54) is 19.1 Å². The number of rotatable bonds is 3. The monoisotopic (exact) mass is 215 g/mol. The van der Waals surface area contributed by atoms with Crippen molar-refractivity contribution in [2.75, 3.05) is 0 Å². The topological polar surface area (TPSA) is 63.3 Å². The number of carboxylic acid groups (broad SMARTS) is 1. The van der Waals surface area contributed by atoms with Crippen molar-refractivity contribution in [3.8, 4) is 0 Å². The lowest BCUT2D eigenvalue weighted by Gasteiger charge is -2.16. The Bertz CT molecular complexity index is 382. The lowest BCUT2D eigenvalue weighted by atomic mass is 9.93. The summed E-state index contributed by atoms with van der Waals surface area (Å²) < 4.78 is 26.1. The number of hydrogen-bond acceptors (Lipinski definition) is 2. The van der Waals surface area contributed by atoms with E-state index in [9.17, 15) is 13.6 Å². The minimum atomic E-state index is -1.25. The summed E-state index contributed by atoms with van der Waals surface area (Å²) in [5, 5.41) is 8.63. The van der Waals surface area contributed by atoms with Gasteiger partial charge in [0.05, 0.1) is 0 Å². The fourth-order valence-electron chi connectivity index (χ4n) is 1.28. The average Bonchev–Trinajstić information content (AvgIpc) is 2.20. The van der Waals surface area contributed by atoms with Gasteiger partial charge in [0.1, 0.15) is 6.04 Å². The summed E-state index contributed by atoms with van der Waals surface area (Å²) >= 11 is 0.